The molecule has 8 rings (SSSR count). The molecule has 4 aliphatic rings. The maximum Gasteiger partial charge on any atom is 0.125 e. The average Bonchev–Trinajstić information content (AvgIpc) is 4.05. The van der Waals surface area contributed by atoms with E-state index in [9.17, 15) is 0 Å². The third kappa shape index (κ3) is 15.2. The maximum atomic E-state index is 6.76. The monoisotopic (exact) mass is 959 g/mol. The molecule has 8 heteroatoms. The van der Waals surface area contributed by atoms with Gasteiger partial charge in [-0.05, 0) is 139 Å². The molecule has 342 valence electrons. The molecule has 4 aromatic carbocycles. The van der Waals surface area contributed by atoms with Gasteiger partial charge < -0.3 is 19.0 Å². The second-order valence-electron chi connectivity index (χ2n) is 20.7. The number of halogens is 3. The molecule has 3 fully saturated rings. The van der Waals surface area contributed by atoms with Crippen LogP contribution in [0.2, 0.25) is 10.0 Å². The van der Waals surface area contributed by atoms with Gasteiger partial charge in [-0.3, -0.25) is 0 Å². The van der Waals surface area contributed by atoms with Gasteiger partial charge in [-0.15, -0.1) is 0 Å². The zero-order chi connectivity index (χ0) is 44.9. The highest BCUT2D eigenvalue weighted by Crippen LogP contribution is 2.54. The number of benzene rings is 4. The number of ether oxygens (including phenoxy) is 3. The van der Waals surface area contributed by atoms with E-state index in [2.05, 4.69) is 123 Å². The summed E-state index contributed by atoms with van der Waals surface area (Å²) in [5, 5.41) is 5.89. The molecule has 2 aliphatic heterocycles. The molecule has 0 amide bonds. The normalized spacial score (nSPS) is 22.6. The van der Waals surface area contributed by atoms with Gasteiger partial charge >= 0.3 is 0 Å². The first-order chi connectivity index (χ1) is 30.2. The largest absolute Gasteiger partial charge is 0.395 e. The van der Waals surface area contributed by atoms with E-state index in [1.165, 1.54) is 52.8 Å². The van der Waals surface area contributed by atoms with Crippen molar-refractivity contribution in [2.75, 3.05) is 33.0 Å². The summed E-state index contributed by atoms with van der Waals surface area (Å²) in [5.41, 5.74) is 8.50. The van der Waals surface area contributed by atoms with Crippen LogP contribution < -0.4 is 0 Å². The van der Waals surface area contributed by atoms with Gasteiger partial charge in [0.1, 0.15) is 6.61 Å². The van der Waals surface area contributed by atoms with Crippen LogP contribution in [-0.2, 0) is 50.5 Å². The molecular formula is C55H72BrCl2NO4. The van der Waals surface area contributed by atoms with E-state index >= 15 is 0 Å². The molecular weight excluding hydrogens is 889 g/mol. The van der Waals surface area contributed by atoms with Crippen molar-refractivity contribution in [3.8, 4) is 0 Å². The van der Waals surface area contributed by atoms with Crippen LogP contribution in [0.15, 0.2) is 107 Å². The van der Waals surface area contributed by atoms with E-state index in [0.29, 0.717) is 41.1 Å². The van der Waals surface area contributed by atoms with Crippen molar-refractivity contribution in [3.05, 3.63) is 139 Å². The standard InChI is InChI=1S/C28H37ClO2.C15H19NO2.C12H16BrCl/c1-27(2,3)14-11-23-9-10-24(17-26(23)29)28-15-12-22(25(28)19-31-20-28)13-16-30-18-21-7-5-4-6-8-21;1-2-4-12(5-3-1)10-17-9-8-13-6-7-15-14(13)11-18-16-15;1-12(2,3)7-6-9-4-5-10(13)8-11(9)14/h4-10,17,22,25H,11-16,18-20H2,1-3H3;1-5,13-14H,6-11H2;4-5,8H,6-7H2,1-3H3. The topological polar surface area (TPSA) is 49.3 Å². The Kier molecular flexibility index (Phi) is 18.7. The summed E-state index contributed by atoms with van der Waals surface area (Å²) in [5.74, 6) is 2.52. The Bertz CT molecular complexity index is 2030. The molecule has 0 bridgehead atoms. The molecule has 2 aliphatic carbocycles. The summed E-state index contributed by atoms with van der Waals surface area (Å²) in [6, 6.07) is 33.7. The molecule has 1 saturated heterocycles. The van der Waals surface area contributed by atoms with Crippen molar-refractivity contribution in [2.45, 2.75) is 124 Å². The van der Waals surface area contributed by atoms with E-state index in [1.807, 2.05) is 36.4 Å². The summed E-state index contributed by atoms with van der Waals surface area (Å²) >= 11 is 16.3. The minimum absolute atomic E-state index is 0.135. The van der Waals surface area contributed by atoms with Gasteiger partial charge in [0, 0.05) is 39.1 Å². The van der Waals surface area contributed by atoms with Crippen LogP contribution in [0.5, 0.6) is 0 Å². The fourth-order valence-corrected chi connectivity index (χ4v) is 10.6. The van der Waals surface area contributed by atoms with Crippen LogP contribution in [-0.4, -0.2) is 38.7 Å². The van der Waals surface area contributed by atoms with Crippen molar-refractivity contribution in [1.29, 1.82) is 0 Å². The van der Waals surface area contributed by atoms with E-state index in [0.717, 1.165) is 99.1 Å². The van der Waals surface area contributed by atoms with E-state index in [1.54, 1.807) is 0 Å². The van der Waals surface area contributed by atoms with Crippen LogP contribution >= 0.6 is 39.1 Å². The number of oxime groups is 1. The lowest BCUT2D eigenvalue weighted by Crippen LogP contribution is -2.32. The Morgan fingerprint density at radius 1 is 0.698 bits per heavy atom. The van der Waals surface area contributed by atoms with Gasteiger partial charge in [-0.2, -0.15) is 0 Å². The summed E-state index contributed by atoms with van der Waals surface area (Å²) in [7, 11) is 0. The smallest absolute Gasteiger partial charge is 0.125 e. The highest BCUT2D eigenvalue weighted by molar-refractivity contribution is 9.10. The summed E-state index contributed by atoms with van der Waals surface area (Å²) in [4.78, 5) is 5.16. The van der Waals surface area contributed by atoms with Crippen LogP contribution in [0.4, 0.5) is 0 Å². The van der Waals surface area contributed by atoms with Gasteiger partial charge in [0.2, 0.25) is 0 Å². The fourth-order valence-electron chi connectivity index (χ4n) is 9.60. The second-order valence-corrected chi connectivity index (χ2v) is 22.4. The van der Waals surface area contributed by atoms with E-state index < -0.39 is 0 Å². The lowest BCUT2D eigenvalue weighted by molar-refractivity contribution is 0.0916. The average molecular weight is 962 g/mol. The van der Waals surface area contributed by atoms with Crippen molar-refractivity contribution < 1.29 is 19.0 Å². The van der Waals surface area contributed by atoms with Gasteiger partial charge in [-0.25, -0.2) is 0 Å². The molecule has 63 heavy (non-hydrogen) atoms. The number of fused-ring (bicyclic) bond motifs is 2. The number of hydrogen-bond acceptors (Lipinski definition) is 5. The third-order valence-corrected chi connectivity index (χ3v) is 14.7. The minimum Gasteiger partial charge on any atom is -0.395 e. The lowest BCUT2D eigenvalue weighted by atomic mass is 9.72. The van der Waals surface area contributed by atoms with E-state index in [-0.39, 0.29) is 5.41 Å². The van der Waals surface area contributed by atoms with Gasteiger partial charge in [0.05, 0.1) is 32.1 Å². The SMILES string of the molecule is CC(C)(C)CCc1ccc(Br)cc1Cl.CC(C)(C)CCc1ccc(C23CCC(CCOCc4ccccc4)C2COC3)cc1Cl.c1ccc(COCCC2CCC3=NOCC32)cc1. The van der Waals surface area contributed by atoms with Crippen molar-refractivity contribution >= 4 is 44.8 Å². The van der Waals surface area contributed by atoms with Crippen LogP contribution in [0, 0.1) is 34.5 Å². The zero-order valence-corrected chi connectivity index (χ0v) is 41.9. The maximum absolute atomic E-state index is 6.76. The van der Waals surface area contributed by atoms with Crippen LogP contribution in [0.25, 0.3) is 0 Å². The predicted molar refractivity (Wildman–Crippen MR) is 266 cm³/mol. The summed E-state index contributed by atoms with van der Waals surface area (Å²) in [6.45, 7) is 19.2. The number of rotatable bonds is 15. The van der Waals surface area contributed by atoms with Crippen molar-refractivity contribution in [1.82, 2.24) is 0 Å². The van der Waals surface area contributed by atoms with Gasteiger partial charge in [0.25, 0.3) is 0 Å². The first-order valence-electron chi connectivity index (χ1n) is 23.4. The first-order valence-corrected chi connectivity index (χ1v) is 25.0. The lowest BCUT2D eigenvalue weighted by Gasteiger charge is -2.30. The van der Waals surface area contributed by atoms with Crippen molar-refractivity contribution in [3.63, 3.8) is 0 Å². The zero-order valence-electron chi connectivity index (χ0n) is 38.8. The molecule has 0 spiro atoms. The fraction of sp³-hybridized carbons (Fsp3) is 0.545. The van der Waals surface area contributed by atoms with Gasteiger partial charge in [-0.1, -0.05) is 165 Å². The Labute approximate surface area is 398 Å². The highest BCUT2D eigenvalue weighted by atomic mass is 79.9. The third-order valence-electron chi connectivity index (χ3n) is 13.5. The molecule has 2 heterocycles. The summed E-state index contributed by atoms with van der Waals surface area (Å²) in [6.07, 6.45) is 11.5. The number of aryl methyl sites for hydroxylation is 2. The molecule has 0 radical (unpaired) electrons. The Morgan fingerprint density at radius 2 is 1.27 bits per heavy atom. The molecule has 5 nitrogen and oxygen atoms in total. The second kappa shape index (κ2) is 23.7. The predicted octanol–water partition coefficient (Wildman–Crippen LogP) is 15.3. The molecule has 0 N–H and O–H groups in total. The Hall–Kier alpha value is -2.71. The van der Waals surface area contributed by atoms with Crippen LogP contribution in [0.1, 0.15) is 121 Å². The molecule has 5 unspecified atom stereocenters. The quantitative estimate of drug-likeness (QED) is 0.111. The number of nitrogens with zero attached hydrogens (tertiary/aromatic N) is 1. The molecule has 4 aromatic rings. The Morgan fingerprint density at radius 3 is 1.84 bits per heavy atom. The molecule has 0 aromatic heterocycles. The van der Waals surface area contributed by atoms with Crippen LogP contribution in [0.3, 0.4) is 0 Å². The van der Waals surface area contributed by atoms with E-state index in [4.69, 9.17) is 42.3 Å². The Balaban J connectivity index is 0.000000174. The number of hydrogen-bond donors (Lipinski definition) is 0. The summed E-state index contributed by atoms with van der Waals surface area (Å²) < 4.78 is 18.8. The molecule has 5 atom stereocenters. The highest BCUT2D eigenvalue weighted by Gasteiger charge is 2.53. The minimum atomic E-state index is 0.135. The van der Waals surface area contributed by atoms with Gasteiger partial charge in [0.15, 0.2) is 0 Å². The first kappa shape index (κ1) is 49.7. The molecule has 2 saturated carbocycles. The van der Waals surface area contributed by atoms with Crippen molar-refractivity contribution in [2.24, 2.45) is 39.7 Å².